The number of nitrogens with zero attached hydrogens (tertiary/aromatic N) is 1. The maximum absolute atomic E-state index is 11.9. The van der Waals surface area contributed by atoms with E-state index in [9.17, 15) is 14.4 Å². The van der Waals surface area contributed by atoms with E-state index in [1.54, 1.807) is 31.2 Å². The number of ether oxygens (including phenoxy) is 1. The van der Waals surface area contributed by atoms with Crippen LogP contribution in [0.2, 0.25) is 0 Å². The zero-order valence-corrected chi connectivity index (χ0v) is 15.7. The monoisotopic (exact) mass is 376 g/mol. The normalized spacial score (nSPS) is 17.1. The van der Waals surface area contributed by atoms with Gasteiger partial charge >= 0.3 is 0 Å². The van der Waals surface area contributed by atoms with Crippen LogP contribution >= 0.6 is 0 Å². The van der Waals surface area contributed by atoms with E-state index in [4.69, 9.17) is 10.5 Å². The first kappa shape index (κ1) is 20.7. The summed E-state index contributed by atoms with van der Waals surface area (Å²) >= 11 is 0. The summed E-state index contributed by atoms with van der Waals surface area (Å²) in [6.07, 6.45) is 2.17. The average molecular weight is 376 g/mol. The van der Waals surface area contributed by atoms with Crippen LogP contribution in [0.1, 0.15) is 26.2 Å². The maximum atomic E-state index is 11.9. The molecule has 1 saturated heterocycles. The van der Waals surface area contributed by atoms with Gasteiger partial charge in [0.05, 0.1) is 5.92 Å². The summed E-state index contributed by atoms with van der Waals surface area (Å²) in [7, 11) is 0. The third-order valence-electron chi connectivity index (χ3n) is 4.47. The fourth-order valence-corrected chi connectivity index (χ4v) is 2.96. The third kappa shape index (κ3) is 7.26. The second-order valence-electron chi connectivity index (χ2n) is 6.61. The van der Waals surface area contributed by atoms with Crippen molar-refractivity contribution in [1.29, 1.82) is 0 Å². The maximum Gasteiger partial charge on any atom is 0.257 e. The van der Waals surface area contributed by atoms with Crippen LogP contribution in [0.5, 0.6) is 5.75 Å². The zero-order chi connectivity index (χ0) is 19.6. The second kappa shape index (κ2) is 10.5. The van der Waals surface area contributed by atoms with Gasteiger partial charge in [0.1, 0.15) is 5.75 Å². The molecular weight excluding hydrogens is 348 g/mol. The number of benzene rings is 1. The number of nitrogens with two attached hydrogens (primary N) is 1. The van der Waals surface area contributed by atoms with Crippen molar-refractivity contribution >= 4 is 23.4 Å². The molecule has 3 amide bonds. The van der Waals surface area contributed by atoms with Gasteiger partial charge in [-0.05, 0) is 31.5 Å². The molecule has 1 aromatic rings. The molecule has 27 heavy (non-hydrogen) atoms. The van der Waals surface area contributed by atoms with Crippen molar-refractivity contribution in [3.05, 3.63) is 24.3 Å². The van der Waals surface area contributed by atoms with Crippen molar-refractivity contribution < 1.29 is 19.1 Å². The Kier molecular flexibility index (Phi) is 8.06. The lowest BCUT2D eigenvalue weighted by Gasteiger charge is -2.31. The Morgan fingerprint density at radius 1 is 1.30 bits per heavy atom. The van der Waals surface area contributed by atoms with E-state index in [1.165, 1.54) is 0 Å². The summed E-state index contributed by atoms with van der Waals surface area (Å²) < 4.78 is 5.48. The van der Waals surface area contributed by atoms with Gasteiger partial charge in [0, 0.05) is 37.8 Å². The molecule has 8 nitrogen and oxygen atoms in total. The number of carbonyl (C=O) groups excluding carboxylic acids is 3. The minimum absolute atomic E-state index is 0.0822. The summed E-state index contributed by atoms with van der Waals surface area (Å²) in [5, 5.41) is 5.55. The summed E-state index contributed by atoms with van der Waals surface area (Å²) in [5.74, 6) is -0.144. The Morgan fingerprint density at radius 2 is 2.11 bits per heavy atom. The molecule has 0 radical (unpaired) electrons. The van der Waals surface area contributed by atoms with Crippen molar-refractivity contribution in [3.63, 3.8) is 0 Å². The molecule has 0 saturated carbocycles. The molecule has 0 aromatic heterocycles. The molecule has 2 rings (SSSR count). The van der Waals surface area contributed by atoms with Crippen LogP contribution in [-0.4, -0.2) is 55.4 Å². The van der Waals surface area contributed by atoms with Gasteiger partial charge in [-0.1, -0.05) is 13.0 Å². The first-order chi connectivity index (χ1) is 13.0. The van der Waals surface area contributed by atoms with Gasteiger partial charge in [-0.15, -0.1) is 0 Å². The molecule has 1 aromatic carbocycles. The summed E-state index contributed by atoms with van der Waals surface area (Å²) in [6, 6.07) is 6.92. The Hall–Kier alpha value is -2.61. The minimum atomic E-state index is -0.255. The number of primary amides is 1. The van der Waals surface area contributed by atoms with Gasteiger partial charge in [-0.25, -0.2) is 0 Å². The smallest absolute Gasteiger partial charge is 0.257 e. The molecule has 1 atom stereocenters. The van der Waals surface area contributed by atoms with Gasteiger partial charge in [0.25, 0.3) is 5.91 Å². The van der Waals surface area contributed by atoms with Gasteiger partial charge in [-0.2, -0.15) is 0 Å². The molecule has 1 heterocycles. The van der Waals surface area contributed by atoms with E-state index in [1.807, 2.05) is 0 Å². The number of hydrogen-bond donors (Lipinski definition) is 3. The largest absolute Gasteiger partial charge is 0.484 e. The minimum Gasteiger partial charge on any atom is -0.484 e. The fraction of sp³-hybridized carbons (Fsp3) is 0.526. The zero-order valence-electron chi connectivity index (χ0n) is 15.7. The molecule has 4 N–H and O–H groups in total. The van der Waals surface area contributed by atoms with Crippen molar-refractivity contribution in [2.75, 3.05) is 38.1 Å². The highest BCUT2D eigenvalue weighted by atomic mass is 16.5. The number of rotatable bonds is 9. The van der Waals surface area contributed by atoms with E-state index >= 15 is 0 Å². The Labute approximate surface area is 159 Å². The fourth-order valence-electron chi connectivity index (χ4n) is 2.96. The lowest BCUT2D eigenvalue weighted by Crippen LogP contribution is -2.44. The highest BCUT2D eigenvalue weighted by Gasteiger charge is 2.23. The highest BCUT2D eigenvalue weighted by Crippen LogP contribution is 2.17. The summed E-state index contributed by atoms with van der Waals surface area (Å²) in [4.78, 5) is 36.8. The molecule has 1 unspecified atom stereocenters. The second-order valence-corrected chi connectivity index (χ2v) is 6.61. The van der Waals surface area contributed by atoms with Crippen LogP contribution in [0, 0.1) is 5.92 Å². The van der Waals surface area contributed by atoms with Gasteiger partial charge in [0.15, 0.2) is 6.61 Å². The van der Waals surface area contributed by atoms with E-state index in [-0.39, 0.29) is 30.2 Å². The quantitative estimate of drug-likeness (QED) is 0.588. The molecule has 0 bridgehead atoms. The highest BCUT2D eigenvalue weighted by molar-refractivity contribution is 5.90. The molecule has 0 aliphatic carbocycles. The number of anilines is 1. The van der Waals surface area contributed by atoms with Crippen LogP contribution in [0.25, 0.3) is 0 Å². The lowest BCUT2D eigenvalue weighted by atomic mass is 9.97. The Morgan fingerprint density at radius 3 is 2.85 bits per heavy atom. The van der Waals surface area contributed by atoms with Crippen LogP contribution in [0.3, 0.4) is 0 Å². The lowest BCUT2D eigenvalue weighted by molar-refractivity contribution is -0.124. The first-order valence-corrected chi connectivity index (χ1v) is 9.29. The first-order valence-electron chi connectivity index (χ1n) is 9.29. The summed E-state index contributed by atoms with van der Waals surface area (Å²) in [6.45, 7) is 4.39. The Bertz CT molecular complexity index is 665. The van der Waals surface area contributed by atoms with Gasteiger partial charge in [-0.3, -0.25) is 14.4 Å². The van der Waals surface area contributed by atoms with Crippen molar-refractivity contribution in [2.45, 2.75) is 26.2 Å². The van der Waals surface area contributed by atoms with Gasteiger partial charge < -0.3 is 26.0 Å². The van der Waals surface area contributed by atoms with Crippen LogP contribution in [0.4, 0.5) is 5.69 Å². The third-order valence-corrected chi connectivity index (χ3v) is 4.47. The predicted molar refractivity (Wildman–Crippen MR) is 102 cm³/mol. The molecule has 148 valence electrons. The molecular formula is C19H28N4O4. The average Bonchev–Trinajstić information content (AvgIpc) is 2.67. The van der Waals surface area contributed by atoms with Crippen LogP contribution < -0.4 is 21.1 Å². The number of nitrogens with one attached hydrogen (secondary N) is 2. The van der Waals surface area contributed by atoms with Crippen molar-refractivity contribution in [1.82, 2.24) is 10.2 Å². The number of likely N-dealkylation sites (tertiary alicyclic amines) is 1. The standard InChI is InChI=1S/C19H28N4O4/c1-2-17(24)22-15-6-3-7-16(11-15)27-13-18(25)21-8-10-23-9-4-5-14(12-23)19(20)26/h3,6-7,11,14H,2,4-5,8-10,12-13H2,1H3,(H2,20,26)(H,21,25)(H,22,24). The molecule has 1 fully saturated rings. The molecule has 1 aliphatic rings. The van der Waals surface area contributed by atoms with E-state index in [0.29, 0.717) is 37.5 Å². The number of carbonyl (C=O) groups is 3. The van der Waals surface area contributed by atoms with Gasteiger partial charge in [0.2, 0.25) is 11.8 Å². The molecule has 8 heteroatoms. The number of hydrogen-bond acceptors (Lipinski definition) is 5. The van der Waals surface area contributed by atoms with E-state index < -0.39 is 0 Å². The van der Waals surface area contributed by atoms with Crippen LogP contribution in [0.15, 0.2) is 24.3 Å². The Balaban J connectivity index is 1.68. The SMILES string of the molecule is CCC(=O)Nc1cccc(OCC(=O)NCCN2CCCC(C(N)=O)C2)c1. The molecule has 0 spiro atoms. The van der Waals surface area contributed by atoms with Crippen LogP contribution in [-0.2, 0) is 14.4 Å². The predicted octanol–water partition coefficient (Wildman–Crippen LogP) is 0.727. The van der Waals surface area contributed by atoms with Crippen molar-refractivity contribution in [3.8, 4) is 5.75 Å². The van der Waals surface area contributed by atoms with Crippen molar-refractivity contribution in [2.24, 2.45) is 11.7 Å². The van der Waals surface area contributed by atoms with E-state index in [2.05, 4.69) is 15.5 Å². The number of amides is 3. The molecule has 1 aliphatic heterocycles. The summed E-state index contributed by atoms with van der Waals surface area (Å²) in [5.41, 5.74) is 6.00. The van der Waals surface area contributed by atoms with E-state index in [0.717, 1.165) is 19.4 Å². The number of piperidine rings is 1. The topological polar surface area (TPSA) is 114 Å².